The molecule has 1 aromatic carbocycles. The van der Waals surface area contributed by atoms with Gasteiger partial charge in [0.25, 0.3) is 5.91 Å². The van der Waals surface area contributed by atoms with Gasteiger partial charge >= 0.3 is 6.03 Å². The van der Waals surface area contributed by atoms with Crippen molar-refractivity contribution in [1.29, 1.82) is 0 Å². The van der Waals surface area contributed by atoms with Gasteiger partial charge in [0, 0.05) is 12.1 Å². The minimum Gasteiger partial charge on any atom is -0.471 e. The Kier molecular flexibility index (Phi) is 8.19. The molecule has 2 heterocycles. The molecule has 1 aliphatic heterocycles. The lowest BCUT2D eigenvalue weighted by atomic mass is 10.1. The Balaban J connectivity index is 1.49. The molecule has 0 unspecified atom stereocenters. The van der Waals surface area contributed by atoms with Crippen molar-refractivity contribution < 1.29 is 18.7 Å². The van der Waals surface area contributed by atoms with Crippen molar-refractivity contribution in [2.45, 2.75) is 39.2 Å². The van der Waals surface area contributed by atoms with E-state index in [1.54, 1.807) is 19.1 Å². The monoisotopic (exact) mass is 449 g/mol. The van der Waals surface area contributed by atoms with Crippen LogP contribution in [0.1, 0.15) is 47.2 Å². The maximum atomic E-state index is 14.0. The number of aromatic nitrogens is 1. The molecule has 2 aromatic rings. The second-order valence-corrected chi connectivity index (χ2v) is 8.35. The number of hydrogen-bond acceptors (Lipinski definition) is 6. The first-order valence-electron chi connectivity index (χ1n) is 10.4. The van der Waals surface area contributed by atoms with Gasteiger partial charge in [-0.25, -0.2) is 9.18 Å². The fourth-order valence-corrected chi connectivity index (χ4v) is 4.14. The highest BCUT2D eigenvalue weighted by molar-refractivity contribution is 7.11. The molecule has 0 aliphatic carbocycles. The molecule has 31 heavy (non-hydrogen) atoms. The van der Waals surface area contributed by atoms with Crippen LogP contribution in [0.25, 0.3) is 0 Å². The number of rotatable bonds is 10. The lowest BCUT2D eigenvalue weighted by molar-refractivity contribution is 0.0996. The number of urea groups is 1. The molecule has 8 nitrogen and oxygen atoms in total. The highest BCUT2D eigenvalue weighted by Gasteiger charge is 2.22. The number of halogens is 1. The Bertz CT molecular complexity index is 914. The molecule has 4 N–H and O–H groups in total. The number of anilines is 1. The molecule has 168 valence electrons. The summed E-state index contributed by atoms with van der Waals surface area (Å²) in [5.41, 5.74) is 6.55. The van der Waals surface area contributed by atoms with Crippen LogP contribution in [-0.2, 0) is 6.61 Å². The number of amides is 3. The molecule has 0 saturated carbocycles. The van der Waals surface area contributed by atoms with E-state index in [9.17, 15) is 14.0 Å². The number of nitrogens with one attached hydrogen (secondary N) is 2. The highest BCUT2D eigenvalue weighted by atomic mass is 32.1. The van der Waals surface area contributed by atoms with E-state index in [-0.39, 0.29) is 23.1 Å². The molecule has 3 amide bonds. The first-order chi connectivity index (χ1) is 14.9. The quantitative estimate of drug-likeness (QED) is 0.482. The zero-order chi connectivity index (χ0) is 22.2. The Morgan fingerprint density at radius 3 is 2.77 bits per heavy atom. The number of nitrogens with two attached hydrogens (primary N) is 1. The van der Waals surface area contributed by atoms with E-state index in [2.05, 4.69) is 19.9 Å². The standard InChI is InChI=1S/C21H28FN5O3S/c1-14-6-7-15(16(22)12-14)13-30-19-17(18(23)28)20(31-26-19)25-21(29)24-8-2-3-9-27-10-4-5-11-27/h6-7,12H,2-5,8-11,13H2,1H3,(H2,23,28)(H2,24,25,29). The van der Waals surface area contributed by atoms with Crippen LogP contribution in [-0.4, -0.2) is 47.4 Å². The first-order valence-corrected chi connectivity index (χ1v) is 11.2. The van der Waals surface area contributed by atoms with E-state index in [1.165, 1.54) is 18.9 Å². The summed E-state index contributed by atoms with van der Waals surface area (Å²) >= 11 is 0.887. The second kappa shape index (κ2) is 11.1. The number of carbonyl (C=O) groups excluding carboxylic acids is 2. The molecule has 1 aromatic heterocycles. The van der Waals surface area contributed by atoms with Crippen molar-refractivity contribution in [3.05, 3.63) is 40.7 Å². The summed E-state index contributed by atoms with van der Waals surface area (Å²) in [6.07, 6.45) is 4.42. The number of nitrogens with zero attached hydrogens (tertiary/aromatic N) is 2. The summed E-state index contributed by atoms with van der Waals surface area (Å²) in [5.74, 6) is -1.22. The Morgan fingerprint density at radius 2 is 2.06 bits per heavy atom. The number of hydrogen-bond donors (Lipinski definition) is 3. The first kappa shape index (κ1) is 23.0. The van der Waals surface area contributed by atoms with Crippen LogP contribution < -0.4 is 21.1 Å². The van der Waals surface area contributed by atoms with Crippen molar-refractivity contribution in [1.82, 2.24) is 14.6 Å². The zero-order valence-electron chi connectivity index (χ0n) is 17.6. The van der Waals surface area contributed by atoms with Crippen molar-refractivity contribution in [3.8, 4) is 5.88 Å². The van der Waals surface area contributed by atoms with Crippen molar-refractivity contribution >= 4 is 28.5 Å². The molecule has 0 atom stereocenters. The van der Waals surface area contributed by atoms with Crippen molar-refractivity contribution in [2.75, 3.05) is 31.5 Å². The number of benzene rings is 1. The van der Waals surface area contributed by atoms with E-state index >= 15 is 0 Å². The summed E-state index contributed by atoms with van der Waals surface area (Å²) in [5, 5.41) is 5.57. The number of unbranched alkanes of at least 4 members (excludes halogenated alkanes) is 1. The minimum atomic E-state index is -0.783. The van der Waals surface area contributed by atoms with Crippen LogP contribution in [0.5, 0.6) is 5.88 Å². The SMILES string of the molecule is Cc1ccc(COc2nsc(NC(=O)NCCCCN3CCCC3)c2C(N)=O)c(F)c1. The molecule has 10 heteroatoms. The third-order valence-corrected chi connectivity index (χ3v) is 5.84. The van der Waals surface area contributed by atoms with E-state index in [1.807, 2.05) is 0 Å². The van der Waals surface area contributed by atoms with Gasteiger partial charge in [-0.1, -0.05) is 12.1 Å². The van der Waals surface area contributed by atoms with Gasteiger partial charge in [-0.05, 0) is 75.4 Å². The van der Waals surface area contributed by atoms with Gasteiger partial charge < -0.3 is 20.7 Å². The van der Waals surface area contributed by atoms with Gasteiger partial charge in [0.05, 0.1) is 0 Å². The zero-order valence-corrected chi connectivity index (χ0v) is 18.4. The van der Waals surface area contributed by atoms with Gasteiger partial charge in [-0.3, -0.25) is 10.1 Å². The van der Waals surface area contributed by atoms with Crippen molar-refractivity contribution in [2.24, 2.45) is 5.73 Å². The van der Waals surface area contributed by atoms with E-state index in [0.717, 1.165) is 49.6 Å². The van der Waals surface area contributed by atoms with Crippen LogP contribution in [0.4, 0.5) is 14.2 Å². The van der Waals surface area contributed by atoms with Crippen LogP contribution in [0.3, 0.4) is 0 Å². The molecule has 1 saturated heterocycles. The minimum absolute atomic E-state index is 0.0262. The topological polar surface area (TPSA) is 110 Å². The van der Waals surface area contributed by atoms with Gasteiger partial charge in [0.2, 0.25) is 5.88 Å². The third kappa shape index (κ3) is 6.63. The highest BCUT2D eigenvalue weighted by Crippen LogP contribution is 2.31. The summed E-state index contributed by atoms with van der Waals surface area (Å²) in [4.78, 5) is 26.5. The summed E-state index contributed by atoms with van der Waals surface area (Å²) in [7, 11) is 0. The maximum Gasteiger partial charge on any atom is 0.319 e. The van der Waals surface area contributed by atoms with E-state index in [0.29, 0.717) is 12.1 Å². The molecule has 1 aliphatic rings. The van der Waals surface area contributed by atoms with E-state index < -0.39 is 17.8 Å². The Morgan fingerprint density at radius 1 is 1.29 bits per heavy atom. The molecule has 1 fully saturated rings. The lowest BCUT2D eigenvalue weighted by Crippen LogP contribution is -2.30. The lowest BCUT2D eigenvalue weighted by Gasteiger charge is -2.14. The molecule has 0 radical (unpaired) electrons. The largest absolute Gasteiger partial charge is 0.471 e. The number of aryl methyl sites for hydroxylation is 1. The number of primary amides is 1. The van der Waals surface area contributed by atoms with Crippen LogP contribution in [0.2, 0.25) is 0 Å². The van der Waals surface area contributed by atoms with Crippen LogP contribution in [0.15, 0.2) is 18.2 Å². The van der Waals surface area contributed by atoms with Crippen LogP contribution >= 0.6 is 11.5 Å². The smallest absolute Gasteiger partial charge is 0.319 e. The van der Waals surface area contributed by atoms with Crippen LogP contribution in [0, 0.1) is 12.7 Å². The molecule has 0 bridgehead atoms. The average Bonchev–Trinajstić information content (AvgIpc) is 3.37. The Hall–Kier alpha value is -2.72. The third-order valence-electron chi connectivity index (χ3n) is 5.09. The fraction of sp³-hybridized carbons (Fsp3) is 0.476. The fourth-order valence-electron chi connectivity index (χ4n) is 3.41. The summed E-state index contributed by atoms with van der Waals surface area (Å²) in [6, 6.07) is 4.33. The van der Waals surface area contributed by atoms with Gasteiger partial charge in [0.1, 0.15) is 23.0 Å². The maximum absolute atomic E-state index is 14.0. The van der Waals surface area contributed by atoms with Crippen molar-refractivity contribution in [3.63, 3.8) is 0 Å². The summed E-state index contributed by atoms with van der Waals surface area (Å²) < 4.78 is 23.6. The predicted octanol–water partition coefficient (Wildman–Crippen LogP) is 3.27. The number of likely N-dealkylation sites (tertiary alicyclic amines) is 1. The molecule has 0 spiro atoms. The van der Waals surface area contributed by atoms with Gasteiger partial charge in [0.15, 0.2) is 0 Å². The normalized spacial score (nSPS) is 13.9. The second-order valence-electron chi connectivity index (χ2n) is 7.58. The summed E-state index contributed by atoms with van der Waals surface area (Å²) in [6.45, 7) is 5.58. The molecular weight excluding hydrogens is 421 g/mol. The molecular formula is C21H28FN5O3S. The van der Waals surface area contributed by atoms with E-state index in [4.69, 9.17) is 10.5 Å². The number of carbonyl (C=O) groups is 2. The molecule has 3 rings (SSSR count). The average molecular weight is 450 g/mol. The van der Waals surface area contributed by atoms with Gasteiger partial charge in [-0.2, -0.15) is 4.37 Å². The Labute approximate surface area is 185 Å². The number of ether oxygens (including phenoxy) is 1. The van der Waals surface area contributed by atoms with Gasteiger partial charge in [-0.15, -0.1) is 0 Å². The predicted molar refractivity (Wildman–Crippen MR) is 118 cm³/mol.